The molecule has 4 aromatic carbocycles. The first-order chi connectivity index (χ1) is 15.1. The molecule has 0 amide bonds. The molecule has 4 rings (SSSR count). The van der Waals surface area contributed by atoms with Crippen LogP contribution in [-0.2, 0) is 4.79 Å². The minimum absolute atomic E-state index is 0.458. The lowest BCUT2D eigenvalue weighted by Gasteiger charge is -2.07. The van der Waals surface area contributed by atoms with Gasteiger partial charge in [0.2, 0.25) is 0 Å². The molecule has 0 fully saturated rings. The largest absolute Gasteiger partial charge is 0.481 e. The van der Waals surface area contributed by atoms with Crippen molar-refractivity contribution in [3.8, 4) is 22.3 Å². The number of hydrogen-bond acceptors (Lipinski definition) is 2. The second-order valence-electron chi connectivity index (χ2n) is 7.15. The van der Waals surface area contributed by atoms with E-state index in [2.05, 4.69) is 12.1 Å². The topological polar surface area (TPSA) is 54.4 Å². The van der Waals surface area contributed by atoms with E-state index >= 15 is 0 Å². The van der Waals surface area contributed by atoms with Crippen LogP contribution in [0.1, 0.15) is 28.8 Å². The fraction of sp³-hybridized carbons (Fsp3) is 0.0714. The summed E-state index contributed by atoms with van der Waals surface area (Å²) in [5.41, 5.74) is 6.09. The molecule has 31 heavy (non-hydrogen) atoms. The summed E-state index contributed by atoms with van der Waals surface area (Å²) in [5, 5.41) is 8.92. The van der Waals surface area contributed by atoms with E-state index in [1.165, 1.54) is 5.56 Å². The highest BCUT2D eigenvalue weighted by Crippen LogP contribution is 2.22. The predicted molar refractivity (Wildman–Crippen MR) is 125 cm³/mol. The van der Waals surface area contributed by atoms with Gasteiger partial charge in [0.05, 0.1) is 5.92 Å². The van der Waals surface area contributed by atoms with Gasteiger partial charge < -0.3 is 5.11 Å². The maximum Gasteiger partial charge on any atom is 0.310 e. The van der Waals surface area contributed by atoms with E-state index in [1.807, 2.05) is 97.1 Å². The summed E-state index contributed by atoms with van der Waals surface area (Å²) < 4.78 is 0. The molecule has 154 valence electrons. The van der Waals surface area contributed by atoms with Crippen LogP contribution in [0.4, 0.5) is 0 Å². The number of carboxylic acids is 1. The monoisotopic (exact) mass is 408 g/mol. The van der Waals surface area contributed by atoms with E-state index in [0.29, 0.717) is 5.56 Å². The summed E-state index contributed by atoms with van der Waals surface area (Å²) in [5.74, 6) is -1.25. The summed E-state index contributed by atoms with van der Waals surface area (Å²) in [6.45, 7) is 1.69. The Hall–Kier alpha value is -3.98. The zero-order chi connectivity index (χ0) is 22.1. The smallest absolute Gasteiger partial charge is 0.310 e. The average Bonchev–Trinajstić information content (AvgIpc) is 2.85. The Kier molecular flexibility index (Phi) is 7.50. The first-order valence-electron chi connectivity index (χ1n) is 10.1. The van der Waals surface area contributed by atoms with Crippen LogP contribution in [0.2, 0.25) is 0 Å². The van der Waals surface area contributed by atoms with Gasteiger partial charge in [0.1, 0.15) is 6.29 Å². The Morgan fingerprint density at radius 2 is 1.03 bits per heavy atom. The molecule has 3 nitrogen and oxygen atoms in total. The lowest BCUT2D eigenvalue weighted by molar-refractivity contribution is -0.138. The lowest BCUT2D eigenvalue weighted by Crippen LogP contribution is -2.06. The summed E-state index contributed by atoms with van der Waals surface area (Å²) >= 11 is 0. The van der Waals surface area contributed by atoms with Crippen LogP contribution in [-0.4, -0.2) is 17.4 Å². The number of aldehydes is 1. The first-order valence-corrected chi connectivity index (χ1v) is 10.1. The summed E-state index contributed by atoms with van der Waals surface area (Å²) in [6.07, 6.45) is 0.856. The molecular weight excluding hydrogens is 384 g/mol. The molecule has 1 N–H and O–H groups in total. The minimum atomic E-state index is -0.794. The van der Waals surface area contributed by atoms with Crippen molar-refractivity contribution in [3.63, 3.8) is 0 Å². The normalized spacial score (nSPS) is 11.0. The first kappa shape index (κ1) is 21.7. The molecule has 0 aliphatic heterocycles. The molecule has 0 saturated carbocycles. The van der Waals surface area contributed by atoms with Crippen LogP contribution in [0.15, 0.2) is 109 Å². The summed E-state index contributed by atoms with van der Waals surface area (Å²) in [7, 11) is 0. The average molecular weight is 408 g/mol. The Labute approximate surface area is 182 Å². The van der Waals surface area contributed by atoms with E-state index < -0.39 is 11.9 Å². The van der Waals surface area contributed by atoms with Crippen LogP contribution < -0.4 is 0 Å². The van der Waals surface area contributed by atoms with Crippen molar-refractivity contribution in [2.24, 2.45) is 0 Å². The summed E-state index contributed by atoms with van der Waals surface area (Å²) in [4.78, 5) is 21.3. The van der Waals surface area contributed by atoms with Crippen molar-refractivity contribution in [1.29, 1.82) is 0 Å². The number of aliphatic carboxylic acids is 1. The minimum Gasteiger partial charge on any atom is -0.481 e. The van der Waals surface area contributed by atoms with Crippen LogP contribution in [0.5, 0.6) is 0 Å². The lowest BCUT2D eigenvalue weighted by atomic mass is 9.98. The van der Waals surface area contributed by atoms with Gasteiger partial charge in [-0.2, -0.15) is 0 Å². The third-order valence-electron chi connectivity index (χ3n) is 5.04. The zero-order valence-corrected chi connectivity index (χ0v) is 17.3. The standard InChI is InChI=1S/C15H14O2.C13H10O/c1-11(15(16)17)12-7-9-14(10-8-12)13-5-3-2-4-6-13;14-10-11-6-8-13(9-7-11)12-4-2-1-3-5-12/h2-11H,1H3,(H,16,17);1-10H. The maximum absolute atomic E-state index is 10.9. The molecule has 3 heteroatoms. The highest BCUT2D eigenvalue weighted by Gasteiger charge is 2.12. The SMILES string of the molecule is CC(C(=O)O)c1ccc(-c2ccccc2)cc1.O=Cc1ccc(-c2ccccc2)cc1. The van der Waals surface area contributed by atoms with Crippen molar-refractivity contribution in [2.45, 2.75) is 12.8 Å². The molecule has 0 bridgehead atoms. The molecule has 4 aromatic rings. The second-order valence-corrected chi connectivity index (χ2v) is 7.15. The van der Waals surface area contributed by atoms with E-state index in [0.717, 1.165) is 28.5 Å². The molecule has 0 aliphatic rings. The molecule has 0 aromatic heterocycles. The Morgan fingerprint density at radius 1 is 0.645 bits per heavy atom. The van der Waals surface area contributed by atoms with Crippen molar-refractivity contribution in [2.75, 3.05) is 0 Å². The molecule has 0 spiro atoms. The number of carboxylic acid groups (broad SMARTS) is 1. The van der Waals surface area contributed by atoms with Crippen molar-refractivity contribution < 1.29 is 14.7 Å². The molecule has 1 atom stereocenters. The van der Waals surface area contributed by atoms with Crippen LogP contribution >= 0.6 is 0 Å². The third kappa shape index (κ3) is 6.00. The van der Waals surface area contributed by atoms with E-state index in [-0.39, 0.29) is 0 Å². The van der Waals surface area contributed by atoms with Crippen molar-refractivity contribution in [1.82, 2.24) is 0 Å². The highest BCUT2D eigenvalue weighted by atomic mass is 16.4. The van der Waals surface area contributed by atoms with Gasteiger partial charge in [0.15, 0.2) is 0 Å². The van der Waals surface area contributed by atoms with Gasteiger partial charge in [0, 0.05) is 5.56 Å². The van der Waals surface area contributed by atoms with Crippen LogP contribution in [0.25, 0.3) is 22.3 Å². The quantitative estimate of drug-likeness (QED) is 0.374. The Balaban J connectivity index is 0.000000179. The molecule has 0 saturated heterocycles. The van der Waals surface area contributed by atoms with Crippen LogP contribution in [0, 0.1) is 0 Å². The van der Waals surface area contributed by atoms with Gasteiger partial charge in [-0.05, 0) is 34.7 Å². The van der Waals surface area contributed by atoms with Gasteiger partial charge in [-0.1, -0.05) is 109 Å². The van der Waals surface area contributed by atoms with Crippen LogP contribution in [0.3, 0.4) is 0 Å². The van der Waals surface area contributed by atoms with Gasteiger partial charge in [0.25, 0.3) is 0 Å². The van der Waals surface area contributed by atoms with E-state index in [4.69, 9.17) is 5.11 Å². The van der Waals surface area contributed by atoms with Gasteiger partial charge in [-0.3, -0.25) is 9.59 Å². The maximum atomic E-state index is 10.9. The van der Waals surface area contributed by atoms with Crippen molar-refractivity contribution in [3.05, 3.63) is 120 Å². The molecular formula is C28H24O3. The number of rotatable bonds is 5. The zero-order valence-electron chi connectivity index (χ0n) is 17.3. The molecule has 0 aliphatic carbocycles. The Bertz CT molecular complexity index is 1100. The van der Waals surface area contributed by atoms with Gasteiger partial charge in [-0.25, -0.2) is 0 Å². The fourth-order valence-electron chi connectivity index (χ4n) is 3.12. The number of benzene rings is 4. The molecule has 0 heterocycles. The van der Waals surface area contributed by atoms with E-state index in [9.17, 15) is 9.59 Å². The van der Waals surface area contributed by atoms with Gasteiger partial charge in [-0.15, -0.1) is 0 Å². The van der Waals surface area contributed by atoms with Crippen molar-refractivity contribution >= 4 is 12.3 Å². The number of carbonyl (C=O) groups is 2. The number of carbonyl (C=O) groups excluding carboxylic acids is 1. The fourth-order valence-corrected chi connectivity index (χ4v) is 3.12. The van der Waals surface area contributed by atoms with E-state index in [1.54, 1.807) is 6.92 Å². The summed E-state index contributed by atoms with van der Waals surface area (Å²) in [6, 6.07) is 35.4. The third-order valence-corrected chi connectivity index (χ3v) is 5.04. The van der Waals surface area contributed by atoms with Gasteiger partial charge >= 0.3 is 5.97 Å². The molecule has 0 radical (unpaired) electrons. The highest BCUT2D eigenvalue weighted by molar-refractivity contribution is 5.77. The second kappa shape index (κ2) is 10.7. The molecule has 1 unspecified atom stereocenters. The predicted octanol–water partition coefficient (Wildman–Crippen LogP) is 6.71. The Morgan fingerprint density at radius 3 is 1.42 bits per heavy atom. The number of hydrogen-bond donors (Lipinski definition) is 1.